The van der Waals surface area contributed by atoms with Gasteiger partial charge in [0.1, 0.15) is 18.9 Å². The largest absolute Gasteiger partial charge is 0.491 e. The van der Waals surface area contributed by atoms with Gasteiger partial charge >= 0.3 is 0 Å². The Kier molecular flexibility index (Phi) is 13.6. The second-order valence-corrected chi connectivity index (χ2v) is 19.2. The molecule has 5 rings (SSSR count). The minimum atomic E-state index is -4.04. The van der Waals surface area contributed by atoms with Crippen molar-refractivity contribution in [1.29, 1.82) is 0 Å². The Hall–Kier alpha value is -4.04. The van der Waals surface area contributed by atoms with Gasteiger partial charge in [0.2, 0.25) is 11.6 Å². The van der Waals surface area contributed by atoms with Crippen molar-refractivity contribution in [2.75, 3.05) is 49.7 Å². The molecule has 0 saturated heterocycles. The molecular weight excluding hydrogens is 751 g/mol. The summed E-state index contributed by atoms with van der Waals surface area (Å²) in [6, 6.07) is 16.5. The number of ether oxygens (including phenoxy) is 1. The summed E-state index contributed by atoms with van der Waals surface area (Å²) in [6.45, 7) is 12.3. The number of rotatable bonds is 17. The molecule has 11 nitrogen and oxygen atoms in total. The predicted octanol–water partition coefficient (Wildman–Crippen LogP) is 7.50. The molecule has 304 valence electrons. The highest BCUT2D eigenvalue weighted by molar-refractivity contribution is 7.86. The molecule has 0 radical (unpaired) electrons. The number of fused-ring (bicyclic) bond motifs is 2. The van der Waals surface area contributed by atoms with E-state index >= 15 is 0 Å². The molecular formula is C43H58N3O8S2+. The van der Waals surface area contributed by atoms with Crippen LogP contribution in [0.25, 0.3) is 0 Å². The van der Waals surface area contributed by atoms with E-state index in [9.17, 15) is 30.7 Å². The number of carbonyl (C=O) groups excluding carboxylic acids is 1. The van der Waals surface area contributed by atoms with Crippen LogP contribution in [0.5, 0.6) is 0 Å². The summed E-state index contributed by atoms with van der Waals surface area (Å²) in [5, 5.41) is 0. The van der Waals surface area contributed by atoms with Crippen LogP contribution >= 0.6 is 0 Å². The fourth-order valence-corrected chi connectivity index (χ4v) is 9.22. The minimum absolute atomic E-state index is 0.0392. The third-order valence-electron chi connectivity index (χ3n) is 11.2. The molecule has 56 heavy (non-hydrogen) atoms. The molecule has 0 fully saturated rings. The van der Waals surface area contributed by atoms with Crippen LogP contribution in [0.3, 0.4) is 0 Å². The van der Waals surface area contributed by atoms with Crippen LogP contribution in [0.15, 0.2) is 95.4 Å². The molecule has 2 heterocycles. The monoisotopic (exact) mass is 808 g/mol. The van der Waals surface area contributed by atoms with Crippen LogP contribution in [-0.2, 0) is 40.6 Å². The van der Waals surface area contributed by atoms with Crippen molar-refractivity contribution in [3.05, 3.63) is 107 Å². The number of unbranched alkanes of at least 4 members (excludes halogenated alkanes) is 2. The van der Waals surface area contributed by atoms with Gasteiger partial charge in [-0.3, -0.25) is 13.9 Å². The number of nitrogens with zero attached hydrogens (tertiary/aromatic N) is 3. The molecule has 2 aromatic rings. The average molecular weight is 809 g/mol. The number of hydrogen-bond acceptors (Lipinski definition) is 7. The first-order chi connectivity index (χ1) is 26.3. The van der Waals surface area contributed by atoms with Crippen LogP contribution in [0.1, 0.15) is 90.7 Å². The van der Waals surface area contributed by atoms with Gasteiger partial charge in [-0.15, -0.1) is 0 Å². The molecule has 1 amide bonds. The SMILES string of the molecule is CC(=O)N(C)CCOC1=C(C=CC2=[N+](CCCCS(=O)(=O)O)c3ccccc3C2(C)C)CCCC1=CC=C1N(CCCCS(=O)(=O)O)c2ccccc2C1(C)C. The first kappa shape index (κ1) is 43.1. The van der Waals surface area contributed by atoms with Gasteiger partial charge in [0.05, 0.1) is 23.5 Å². The standard InChI is InChI=1S/C43H57N3O8S2/c1-32(47)44(6)28-29-54-41-33(22-24-39-42(2,3)35-18-7-9-20-37(35)45(39)26-11-13-30-55(48,49)50)16-15-17-34(41)23-25-40-43(4,5)36-19-8-10-21-38(36)46(40)27-12-14-31-56(51,52)53/h7-10,18-25H,11-17,26-31H2,1-6H3,(H-,48,49,50,51,52,53)/p+1. The molecule has 2 aliphatic heterocycles. The highest BCUT2D eigenvalue weighted by Gasteiger charge is 2.44. The Bertz CT molecular complexity index is 2180. The number of benzene rings is 2. The third-order valence-corrected chi connectivity index (χ3v) is 12.8. The zero-order chi connectivity index (χ0) is 40.9. The fourth-order valence-electron chi connectivity index (χ4n) is 8.08. The third kappa shape index (κ3) is 10.3. The van der Waals surface area contributed by atoms with Gasteiger partial charge in [-0.1, -0.05) is 56.3 Å². The van der Waals surface area contributed by atoms with Crippen LogP contribution < -0.4 is 4.90 Å². The van der Waals surface area contributed by atoms with Gasteiger partial charge in [0.15, 0.2) is 5.71 Å². The van der Waals surface area contributed by atoms with Crippen molar-refractivity contribution in [2.24, 2.45) is 0 Å². The predicted molar refractivity (Wildman–Crippen MR) is 223 cm³/mol. The first-order valence-electron chi connectivity index (χ1n) is 19.5. The van der Waals surface area contributed by atoms with E-state index in [-0.39, 0.29) is 28.2 Å². The van der Waals surface area contributed by atoms with Crippen LogP contribution in [0, 0.1) is 0 Å². The Morgan fingerprint density at radius 3 is 2.18 bits per heavy atom. The number of carbonyl (C=O) groups is 1. The average Bonchev–Trinajstić information content (AvgIpc) is 3.47. The highest BCUT2D eigenvalue weighted by Crippen LogP contribution is 2.48. The van der Waals surface area contributed by atoms with E-state index in [1.165, 1.54) is 18.1 Å². The van der Waals surface area contributed by atoms with Gasteiger partial charge in [-0.05, 0) is 87.3 Å². The first-order valence-corrected chi connectivity index (χ1v) is 22.7. The molecule has 2 N–H and O–H groups in total. The Balaban J connectivity index is 1.53. The van der Waals surface area contributed by atoms with Crippen molar-refractivity contribution < 1.29 is 40.0 Å². The highest BCUT2D eigenvalue weighted by atomic mass is 32.2. The molecule has 13 heteroatoms. The van der Waals surface area contributed by atoms with Gasteiger partial charge < -0.3 is 14.5 Å². The molecule has 3 aliphatic rings. The van der Waals surface area contributed by atoms with E-state index in [1.54, 1.807) is 11.9 Å². The summed E-state index contributed by atoms with van der Waals surface area (Å²) in [4.78, 5) is 15.9. The Morgan fingerprint density at radius 2 is 1.50 bits per heavy atom. The van der Waals surface area contributed by atoms with E-state index < -0.39 is 20.2 Å². The smallest absolute Gasteiger partial charge is 0.264 e. The van der Waals surface area contributed by atoms with Crippen LogP contribution in [0.2, 0.25) is 0 Å². The lowest BCUT2D eigenvalue weighted by Gasteiger charge is -2.28. The van der Waals surface area contributed by atoms with Gasteiger partial charge in [0.25, 0.3) is 20.2 Å². The van der Waals surface area contributed by atoms with Crippen LogP contribution in [0.4, 0.5) is 11.4 Å². The van der Waals surface area contributed by atoms with E-state index in [2.05, 4.69) is 85.7 Å². The summed E-state index contributed by atoms with van der Waals surface area (Å²) in [6.07, 6.45) is 13.0. The quantitative estimate of drug-likeness (QED) is 0.0944. The maximum atomic E-state index is 12.0. The van der Waals surface area contributed by atoms with Gasteiger partial charge in [-0.25, -0.2) is 0 Å². The van der Waals surface area contributed by atoms with Gasteiger partial charge in [0, 0.05) is 61.4 Å². The molecule has 0 saturated carbocycles. The summed E-state index contributed by atoms with van der Waals surface area (Å²) >= 11 is 0. The van der Waals surface area contributed by atoms with E-state index in [0.29, 0.717) is 51.9 Å². The minimum Gasteiger partial charge on any atom is -0.491 e. The number of anilines is 1. The number of hydrogen-bond donors (Lipinski definition) is 2. The van der Waals surface area contributed by atoms with E-state index in [0.717, 1.165) is 59.0 Å². The lowest BCUT2D eigenvalue weighted by Crippen LogP contribution is -2.28. The molecule has 2 aromatic carbocycles. The molecule has 0 spiro atoms. The second kappa shape index (κ2) is 17.6. The van der Waals surface area contributed by atoms with Crippen molar-refractivity contribution in [1.82, 2.24) is 4.90 Å². The van der Waals surface area contributed by atoms with Crippen molar-refractivity contribution in [3.8, 4) is 0 Å². The molecule has 0 atom stereocenters. The Morgan fingerprint density at radius 1 is 0.857 bits per heavy atom. The Labute approximate surface area is 333 Å². The maximum Gasteiger partial charge on any atom is 0.264 e. The normalized spacial score (nSPS) is 19.3. The number of para-hydroxylation sites is 2. The maximum absolute atomic E-state index is 12.0. The summed E-state index contributed by atoms with van der Waals surface area (Å²) in [5.74, 6) is 0.207. The molecule has 0 aromatic heterocycles. The van der Waals surface area contributed by atoms with E-state index in [1.807, 2.05) is 24.3 Å². The topological polar surface area (TPSA) is 145 Å². The van der Waals surface area contributed by atoms with Gasteiger partial charge in [-0.2, -0.15) is 21.4 Å². The molecule has 1 aliphatic carbocycles. The summed E-state index contributed by atoms with van der Waals surface area (Å²) in [7, 11) is -6.31. The van der Waals surface area contributed by atoms with Crippen molar-refractivity contribution in [3.63, 3.8) is 0 Å². The lowest BCUT2D eigenvalue weighted by atomic mass is 9.81. The number of likely N-dealkylation sites (N-methyl/N-ethyl adjacent to an activating group) is 1. The molecule has 0 bridgehead atoms. The zero-order valence-corrected chi connectivity index (χ0v) is 35.3. The van der Waals surface area contributed by atoms with Crippen molar-refractivity contribution in [2.45, 2.75) is 90.4 Å². The van der Waals surface area contributed by atoms with Crippen LogP contribution in [-0.4, -0.2) is 91.8 Å². The lowest BCUT2D eigenvalue weighted by molar-refractivity contribution is -0.438. The zero-order valence-electron chi connectivity index (χ0n) is 33.6. The summed E-state index contributed by atoms with van der Waals surface area (Å²) < 4.78 is 73.2. The molecule has 0 unspecified atom stereocenters. The van der Waals surface area contributed by atoms with Crippen molar-refractivity contribution >= 4 is 43.2 Å². The second-order valence-electron chi connectivity index (χ2n) is 16.0. The fraction of sp³-hybridized carbons (Fsp3) is 0.488. The van der Waals surface area contributed by atoms with E-state index in [4.69, 9.17) is 4.74 Å². The number of allylic oxidation sites excluding steroid dienone is 7. The number of amides is 1. The summed E-state index contributed by atoms with van der Waals surface area (Å²) in [5.41, 5.74) is 8.16.